The predicted molar refractivity (Wildman–Crippen MR) is 86.2 cm³/mol. The summed E-state index contributed by atoms with van der Waals surface area (Å²) in [6.07, 6.45) is 1.88. The van der Waals surface area contributed by atoms with Crippen LogP contribution in [0.2, 0.25) is 0 Å². The standard InChI is InChI=1S/C18H24N2/c1-13-6-11-17(12-19-13)20-14(2)15-7-9-16(10-8-15)18(3,4)5/h6-12,14,20H,1-5H3. The van der Waals surface area contributed by atoms with Crippen molar-refractivity contribution in [1.29, 1.82) is 0 Å². The molecule has 0 amide bonds. The summed E-state index contributed by atoms with van der Waals surface area (Å²) in [5.41, 5.74) is 4.96. The summed E-state index contributed by atoms with van der Waals surface area (Å²) in [5, 5.41) is 3.48. The average Bonchev–Trinajstić information content (AvgIpc) is 2.40. The van der Waals surface area contributed by atoms with E-state index in [1.54, 1.807) is 0 Å². The lowest BCUT2D eigenvalue weighted by Gasteiger charge is -2.21. The van der Waals surface area contributed by atoms with Gasteiger partial charge in [0, 0.05) is 11.7 Å². The van der Waals surface area contributed by atoms with Crippen molar-refractivity contribution in [2.45, 2.75) is 46.1 Å². The van der Waals surface area contributed by atoms with Gasteiger partial charge in [-0.2, -0.15) is 0 Å². The van der Waals surface area contributed by atoms with Crippen LogP contribution in [0.1, 0.15) is 50.6 Å². The molecule has 1 aromatic carbocycles. The Labute approximate surface area is 122 Å². The molecule has 0 radical (unpaired) electrons. The van der Waals surface area contributed by atoms with Gasteiger partial charge in [-0.15, -0.1) is 0 Å². The number of hydrogen-bond acceptors (Lipinski definition) is 2. The van der Waals surface area contributed by atoms with E-state index >= 15 is 0 Å². The molecule has 1 atom stereocenters. The van der Waals surface area contributed by atoms with Gasteiger partial charge in [0.05, 0.1) is 11.9 Å². The van der Waals surface area contributed by atoms with E-state index in [9.17, 15) is 0 Å². The summed E-state index contributed by atoms with van der Waals surface area (Å²) < 4.78 is 0. The number of benzene rings is 1. The molecule has 2 nitrogen and oxygen atoms in total. The van der Waals surface area contributed by atoms with Crippen LogP contribution in [0.25, 0.3) is 0 Å². The fourth-order valence-electron chi connectivity index (χ4n) is 2.16. The zero-order chi connectivity index (χ0) is 14.8. The quantitative estimate of drug-likeness (QED) is 0.859. The SMILES string of the molecule is Cc1ccc(NC(C)c2ccc(C(C)(C)C)cc2)cn1. The Bertz CT molecular complexity index is 547. The van der Waals surface area contributed by atoms with Gasteiger partial charge in [-0.25, -0.2) is 0 Å². The summed E-state index contributed by atoms with van der Waals surface area (Å²) >= 11 is 0. The highest BCUT2D eigenvalue weighted by molar-refractivity contribution is 5.44. The van der Waals surface area contributed by atoms with E-state index in [4.69, 9.17) is 0 Å². The number of hydrogen-bond donors (Lipinski definition) is 1. The lowest BCUT2D eigenvalue weighted by atomic mass is 9.86. The van der Waals surface area contributed by atoms with E-state index < -0.39 is 0 Å². The van der Waals surface area contributed by atoms with E-state index in [1.807, 2.05) is 19.2 Å². The third-order valence-corrected chi connectivity index (χ3v) is 3.57. The van der Waals surface area contributed by atoms with E-state index in [2.05, 4.69) is 68.3 Å². The van der Waals surface area contributed by atoms with E-state index in [0.717, 1.165) is 11.4 Å². The fourth-order valence-corrected chi connectivity index (χ4v) is 2.16. The maximum Gasteiger partial charge on any atom is 0.0531 e. The summed E-state index contributed by atoms with van der Waals surface area (Å²) in [7, 11) is 0. The van der Waals surface area contributed by atoms with Gasteiger partial charge in [0.15, 0.2) is 0 Å². The molecule has 2 rings (SSSR count). The number of pyridine rings is 1. The Balaban J connectivity index is 2.09. The maximum absolute atomic E-state index is 4.31. The first-order chi connectivity index (χ1) is 9.36. The molecule has 0 saturated carbocycles. The Morgan fingerprint density at radius 2 is 1.65 bits per heavy atom. The van der Waals surface area contributed by atoms with Gasteiger partial charge in [0.1, 0.15) is 0 Å². The molecule has 1 unspecified atom stereocenters. The van der Waals surface area contributed by atoms with Crippen LogP contribution in [0.5, 0.6) is 0 Å². The largest absolute Gasteiger partial charge is 0.377 e. The molecule has 0 saturated heterocycles. The van der Waals surface area contributed by atoms with Crippen molar-refractivity contribution in [3.63, 3.8) is 0 Å². The van der Waals surface area contributed by atoms with Gasteiger partial charge < -0.3 is 5.32 Å². The van der Waals surface area contributed by atoms with Crippen molar-refractivity contribution in [1.82, 2.24) is 4.98 Å². The van der Waals surface area contributed by atoms with Crippen LogP contribution in [0, 0.1) is 6.92 Å². The monoisotopic (exact) mass is 268 g/mol. The topological polar surface area (TPSA) is 24.9 Å². The van der Waals surface area contributed by atoms with Crippen LogP contribution in [0.4, 0.5) is 5.69 Å². The number of aryl methyl sites for hydroxylation is 1. The fraction of sp³-hybridized carbons (Fsp3) is 0.389. The first kappa shape index (κ1) is 14.6. The number of nitrogens with one attached hydrogen (secondary N) is 1. The molecule has 106 valence electrons. The van der Waals surface area contributed by atoms with Gasteiger partial charge >= 0.3 is 0 Å². The molecule has 1 aromatic heterocycles. The van der Waals surface area contributed by atoms with E-state index in [-0.39, 0.29) is 11.5 Å². The lowest BCUT2D eigenvalue weighted by molar-refractivity contribution is 0.589. The second-order valence-corrected chi connectivity index (χ2v) is 6.43. The van der Waals surface area contributed by atoms with Gasteiger partial charge in [-0.3, -0.25) is 4.98 Å². The minimum absolute atomic E-state index is 0.204. The van der Waals surface area contributed by atoms with Gasteiger partial charge in [-0.1, -0.05) is 45.0 Å². The summed E-state index contributed by atoms with van der Waals surface area (Å²) in [4.78, 5) is 4.31. The van der Waals surface area contributed by atoms with Gasteiger partial charge in [0.2, 0.25) is 0 Å². The molecule has 0 spiro atoms. The Kier molecular flexibility index (Phi) is 4.12. The third-order valence-electron chi connectivity index (χ3n) is 3.57. The van der Waals surface area contributed by atoms with Crippen LogP contribution >= 0.6 is 0 Å². The molecular formula is C18H24N2. The van der Waals surface area contributed by atoms with Crippen LogP contribution in [0.3, 0.4) is 0 Å². The van der Waals surface area contributed by atoms with E-state index in [1.165, 1.54) is 11.1 Å². The number of aromatic nitrogens is 1. The third kappa shape index (κ3) is 3.60. The normalized spacial score (nSPS) is 13.1. The van der Waals surface area contributed by atoms with Crippen molar-refractivity contribution in [3.8, 4) is 0 Å². The van der Waals surface area contributed by atoms with Gasteiger partial charge in [0.25, 0.3) is 0 Å². The van der Waals surface area contributed by atoms with Gasteiger partial charge in [-0.05, 0) is 42.5 Å². The zero-order valence-corrected chi connectivity index (χ0v) is 13.1. The lowest BCUT2D eigenvalue weighted by Crippen LogP contribution is -2.12. The van der Waals surface area contributed by atoms with Crippen LogP contribution in [-0.4, -0.2) is 4.98 Å². The summed E-state index contributed by atoms with van der Waals surface area (Å²) in [6.45, 7) is 10.9. The molecule has 0 aliphatic carbocycles. The molecule has 1 N–H and O–H groups in total. The van der Waals surface area contributed by atoms with Crippen molar-refractivity contribution in [3.05, 3.63) is 59.4 Å². The van der Waals surface area contributed by atoms with Crippen molar-refractivity contribution in [2.75, 3.05) is 5.32 Å². The zero-order valence-electron chi connectivity index (χ0n) is 13.1. The highest BCUT2D eigenvalue weighted by atomic mass is 14.9. The first-order valence-electron chi connectivity index (χ1n) is 7.16. The number of anilines is 1. The van der Waals surface area contributed by atoms with Crippen LogP contribution < -0.4 is 5.32 Å². The van der Waals surface area contributed by atoms with Crippen molar-refractivity contribution >= 4 is 5.69 Å². The second-order valence-electron chi connectivity index (χ2n) is 6.43. The molecule has 20 heavy (non-hydrogen) atoms. The predicted octanol–water partition coefficient (Wildman–Crippen LogP) is 4.86. The highest BCUT2D eigenvalue weighted by Crippen LogP contribution is 2.25. The first-order valence-corrected chi connectivity index (χ1v) is 7.16. The summed E-state index contributed by atoms with van der Waals surface area (Å²) in [5.74, 6) is 0. The molecule has 2 heteroatoms. The van der Waals surface area contributed by atoms with Crippen molar-refractivity contribution in [2.24, 2.45) is 0 Å². The molecular weight excluding hydrogens is 244 g/mol. The van der Waals surface area contributed by atoms with Crippen molar-refractivity contribution < 1.29 is 0 Å². The number of rotatable bonds is 3. The number of nitrogens with zero attached hydrogens (tertiary/aromatic N) is 1. The smallest absolute Gasteiger partial charge is 0.0531 e. The Hall–Kier alpha value is -1.83. The molecule has 0 fully saturated rings. The van der Waals surface area contributed by atoms with E-state index in [0.29, 0.717) is 0 Å². The second kappa shape index (κ2) is 5.66. The molecule has 0 bridgehead atoms. The highest BCUT2D eigenvalue weighted by Gasteiger charge is 2.14. The molecule has 2 aromatic rings. The molecule has 0 aliphatic heterocycles. The minimum Gasteiger partial charge on any atom is -0.377 e. The van der Waals surface area contributed by atoms with Crippen LogP contribution in [-0.2, 0) is 5.41 Å². The summed E-state index contributed by atoms with van der Waals surface area (Å²) in [6, 6.07) is 13.2. The maximum atomic E-state index is 4.31. The van der Waals surface area contributed by atoms with Crippen LogP contribution in [0.15, 0.2) is 42.6 Å². The average molecular weight is 268 g/mol. The Morgan fingerprint density at radius 3 is 2.15 bits per heavy atom. The Morgan fingerprint density at radius 1 is 1.00 bits per heavy atom. The molecule has 0 aliphatic rings. The minimum atomic E-state index is 0.204. The molecule has 1 heterocycles.